The predicted octanol–water partition coefficient (Wildman–Crippen LogP) is 3.40. The molecule has 2 rings (SSSR count). The van der Waals surface area contributed by atoms with E-state index in [1.807, 2.05) is 30.3 Å². The van der Waals surface area contributed by atoms with Gasteiger partial charge < -0.3 is 4.74 Å². The van der Waals surface area contributed by atoms with Gasteiger partial charge in [0.2, 0.25) is 6.29 Å². The summed E-state index contributed by atoms with van der Waals surface area (Å²) in [5, 5.41) is 11.8. The van der Waals surface area contributed by atoms with Crippen molar-refractivity contribution in [3.05, 3.63) is 30.3 Å². The van der Waals surface area contributed by atoms with E-state index in [0.717, 1.165) is 12.8 Å². The summed E-state index contributed by atoms with van der Waals surface area (Å²) in [6, 6.07) is 9.39. The molecule has 81 valence electrons. The summed E-state index contributed by atoms with van der Waals surface area (Å²) in [6.45, 7) is 0. The van der Waals surface area contributed by atoms with Crippen LogP contribution in [0.15, 0.2) is 30.3 Å². The molecule has 2 nitrogen and oxygen atoms in total. The zero-order valence-electron chi connectivity index (χ0n) is 8.89. The van der Waals surface area contributed by atoms with Gasteiger partial charge in [-0.2, -0.15) is 5.11 Å². The first-order chi connectivity index (χ1) is 7.36. The van der Waals surface area contributed by atoms with Crippen molar-refractivity contribution in [2.75, 3.05) is 0 Å². The van der Waals surface area contributed by atoms with E-state index in [2.05, 4.69) is 0 Å². The maximum absolute atomic E-state index is 11.8. The van der Waals surface area contributed by atoms with Gasteiger partial charge in [0.25, 0.3) is 0 Å². The molecule has 1 aliphatic rings. The van der Waals surface area contributed by atoms with Crippen LogP contribution < -0.4 is 4.74 Å². The van der Waals surface area contributed by atoms with Crippen LogP contribution in [0.1, 0.15) is 32.1 Å². The van der Waals surface area contributed by atoms with Crippen LogP contribution in [0.3, 0.4) is 0 Å². The van der Waals surface area contributed by atoms with Crippen LogP contribution in [0.4, 0.5) is 0 Å². The molecule has 15 heavy (non-hydrogen) atoms. The second kappa shape index (κ2) is 5.17. The Balaban J connectivity index is 1.88. The van der Waals surface area contributed by atoms with E-state index in [0.29, 0.717) is 5.75 Å². The molecule has 1 unspecified atom stereocenters. The zero-order valence-corrected chi connectivity index (χ0v) is 8.89. The van der Waals surface area contributed by atoms with Gasteiger partial charge in [-0.05, 0) is 25.0 Å². The molecule has 0 bridgehead atoms. The minimum absolute atomic E-state index is 0.207. The summed E-state index contributed by atoms with van der Waals surface area (Å²) in [5.41, 5.74) is 0. The number of hydrogen-bond donors (Lipinski definition) is 0. The molecule has 1 radical (unpaired) electrons. The maximum atomic E-state index is 11.8. The number of ether oxygens (including phenoxy) is 1. The Kier molecular flexibility index (Phi) is 3.62. The van der Waals surface area contributed by atoms with E-state index in [4.69, 9.17) is 4.74 Å². The number of benzene rings is 1. The Morgan fingerprint density at radius 2 is 1.73 bits per heavy atom. The second-order valence-corrected chi connectivity index (χ2v) is 4.20. The average molecular weight is 205 g/mol. The van der Waals surface area contributed by atoms with Gasteiger partial charge in [0.1, 0.15) is 5.75 Å². The minimum Gasteiger partial charge on any atom is -0.462 e. The molecular weight excluding hydrogens is 188 g/mol. The highest BCUT2D eigenvalue weighted by Gasteiger charge is 2.24. The smallest absolute Gasteiger partial charge is 0.234 e. The second-order valence-electron chi connectivity index (χ2n) is 4.20. The molecule has 1 fully saturated rings. The van der Waals surface area contributed by atoms with E-state index in [9.17, 15) is 5.11 Å². The minimum atomic E-state index is -0.882. The zero-order chi connectivity index (χ0) is 10.5. The van der Waals surface area contributed by atoms with Crippen molar-refractivity contribution in [3.63, 3.8) is 0 Å². The van der Waals surface area contributed by atoms with Crippen molar-refractivity contribution in [2.45, 2.75) is 38.4 Å². The molecule has 1 aromatic carbocycles. The summed E-state index contributed by atoms with van der Waals surface area (Å²) in [5.74, 6) is 0.905. The molecule has 0 amide bonds. The first kappa shape index (κ1) is 10.5. The standard InChI is InChI=1S/C13H17O2/c14-13(11-7-3-1-4-8-11)15-12-9-5-2-6-10-12/h2,5-6,9-11,13H,1,3-4,7-8H2. The molecule has 2 heteroatoms. The lowest BCUT2D eigenvalue weighted by Crippen LogP contribution is -2.27. The largest absolute Gasteiger partial charge is 0.462 e. The number of para-hydroxylation sites is 1. The van der Waals surface area contributed by atoms with Gasteiger partial charge in [0.05, 0.1) is 0 Å². The third-order valence-corrected chi connectivity index (χ3v) is 3.03. The molecule has 1 aromatic rings. The topological polar surface area (TPSA) is 29.1 Å². The van der Waals surface area contributed by atoms with Gasteiger partial charge in [-0.25, -0.2) is 0 Å². The van der Waals surface area contributed by atoms with Crippen molar-refractivity contribution < 1.29 is 9.84 Å². The van der Waals surface area contributed by atoms with Crippen molar-refractivity contribution >= 4 is 0 Å². The molecule has 0 spiro atoms. The molecule has 0 saturated heterocycles. The molecule has 1 atom stereocenters. The quantitative estimate of drug-likeness (QED) is 0.695. The molecule has 1 aliphatic carbocycles. The lowest BCUT2D eigenvalue weighted by Gasteiger charge is -2.25. The van der Waals surface area contributed by atoms with Crippen molar-refractivity contribution in [1.82, 2.24) is 0 Å². The molecule has 0 aromatic heterocycles. The van der Waals surface area contributed by atoms with Gasteiger partial charge in [0, 0.05) is 5.92 Å². The van der Waals surface area contributed by atoms with Gasteiger partial charge in [0.15, 0.2) is 0 Å². The van der Waals surface area contributed by atoms with Crippen LogP contribution in [-0.2, 0) is 5.11 Å². The van der Waals surface area contributed by atoms with E-state index >= 15 is 0 Å². The van der Waals surface area contributed by atoms with Crippen molar-refractivity contribution in [3.8, 4) is 5.75 Å². The van der Waals surface area contributed by atoms with E-state index in [1.54, 1.807) is 0 Å². The van der Waals surface area contributed by atoms with Gasteiger partial charge >= 0.3 is 0 Å². The molecule has 0 heterocycles. The van der Waals surface area contributed by atoms with Crippen LogP contribution in [0, 0.1) is 5.92 Å². The molecule has 0 N–H and O–H groups in total. The van der Waals surface area contributed by atoms with Crippen LogP contribution in [0.25, 0.3) is 0 Å². The van der Waals surface area contributed by atoms with E-state index < -0.39 is 6.29 Å². The third-order valence-electron chi connectivity index (χ3n) is 3.03. The highest BCUT2D eigenvalue weighted by Crippen LogP contribution is 2.28. The number of rotatable bonds is 3. The van der Waals surface area contributed by atoms with Crippen molar-refractivity contribution in [2.24, 2.45) is 5.92 Å². The first-order valence-corrected chi connectivity index (χ1v) is 5.74. The van der Waals surface area contributed by atoms with Crippen molar-refractivity contribution in [1.29, 1.82) is 0 Å². The van der Waals surface area contributed by atoms with Crippen LogP contribution in [-0.4, -0.2) is 6.29 Å². The summed E-state index contributed by atoms with van der Waals surface area (Å²) in [4.78, 5) is 0. The van der Waals surface area contributed by atoms with Gasteiger partial charge in [-0.1, -0.05) is 37.5 Å². The number of hydrogen-bond acceptors (Lipinski definition) is 1. The summed E-state index contributed by atoms with van der Waals surface area (Å²) in [7, 11) is 0. The third kappa shape index (κ3) is 2.96. The fourth-order valence-electron chi connectivity index (χ4n) is 2.14. The van der Waals surface area contributed by atoms with Crippen LogP contribution >= 0.6 is 0 Å². The first-order valence-electron chi connectivity index (χ1n) is 5.74. The van der Waals surface area contributed by atoms with Gasteiger partial charge in [-0.3, -0.25) is 0 Å². The summed E-state index contributed by atoms with van der Waals surface area (Å²) >= 11 is 0. The van der Waals surface area contributed by atoms with Crippen LogP contribution in [0.2, 0.25) is 0 Å². The summed E-state index contributed by atoms with van der Waals surface area (Å²) in [6.07, 6.45) is 4.81. The Bertz CT molecular complexity index is 278. The SMILES string of the molecule is [O]C(Oc1ccccc1)C1CCCCC1. The van der Waals surface area contributed by atoms with Crippen LogP contribution in [0.5, 0.6) is 5.75 Å². The highest BCUT2D eigenvalue weighted by atomic mass is 16.6. The lowest BCUT2D eigenvalue weighted by atomic mass is 9.89. The lowest BCUT2D eigenvalue weighted by molar-refractivity contribution is -0.118. The average Bonchev–Trinajstić information content (AvgIpc) is 2.31. The Morgan fingerprint density at radius 1 is 1.07 bits per heavy atom. The Labute approximate surface area is 90.9 Å². The Morgan fingerprint density at radius 3 is 2.40 bits per heavy atom. The summed E-state index contributed by atoms with van der Waals surface area (Å²) < 4.78 is 5.40. The fourth-order valence-corrected chi connectivity index (χ4v) is 2.14. The maximum Gasteiger partial charge on any atom is 0.234 e. The molecule has 1 saturated carbocycles. The monoisotopic (exact) mass is 205 g/mol. The van der Waals surface area contributed by atoms with E-state index in [-0.39, 0.29) is 5.92 Å². The Hall–Kier alpha value is -1.02. The van der Waals surface area contributed by atoms with Gasteiger partial charge in [-0.15, -0.1) is 0 Å². The predicted molar refractivity (Wildman–Crippen MR) is 58.1 cm³/mol. The molecular formula is C13H17O2. The normalized spacial score (nSPS) is 19.8. The van der Waals surface area contributed by atoms with E-state index in [1.165, 1.54) is 19.3 Å². The highest BCUT2D eigenvalue weighted by molar-refractivity contribution is 5.21. The fraction of sp³-hybridized carbons (Fsp3) is 0.538. The molecule has 0 aliphatic heterocycles.